The standard InChI is InChI=1S/C15H17N3O2S2/c1-10-4-6-12(22-10)9-16-18-15(21)17-11-5-7-13(19-2)14(8-11)20-3/h4-9H,1-3H3,(H2,17,18,21)/b16-9-. The number of methoxy groups -OCH3 is 2. The highest BCUT2D eigenvalue weighted by Gasteiger charge is 2.05. The number of hydrogen-bond donors (Lipinski definition) is 2. The van der Waals surface area contributed by atoms with Crippen LogP contribution in [0, 0.1) is 6.92 Å². The number of ether oxygens (including phenoxy) is 2. The van der Waals surface area contributed by atoms with Gasteiger partial charge in [0.15, 0.2) is 16.6 Å². The van der Waals surface area contributed by atoms with Crippen LogP contribution < -0.4 is 20.2 Å². The van der Waals surface area contributed by atoms with Gasteiger partial charge < -0.3 is 14.8 Å². The Morgan fingerprint density at radius 2 is 1.95 bits per heavy atom. The molecule has 0 saturated heterocycles. The molecule has 0 radical (unpaired) electrons. The van der Waals surface area contributed by atoms with E-state index < -0.39 is 0 Å². The minimum absolute atomic E-state index is 0.400. The monoisotopic (exact) mass is 335 g/mol. The molecule has 0 atom stereocenters. The summed E-state index contributed by atoms with van der Waals surface area (Å²) in [6.45, 7) is 2.05. The number of nitrogens with one attached hydrogen (secondary N) is 2. The van der Waals surface area contributed by atoms with Gasteiger partial charge in [0.1, 0.15) is 0 Å². The molecule has 1 heterocycles. The van der Waals surface area contributed by atoms with Crippen LogP contribution in [0.15, 0.2) is 35.4 Å². The number of anilines is 1. The molecule has 0 bridgehead atoms. The Balaban J connectivity index is 1.93. The lowest BCUT2D eigenvalue weighted by molar-refractivity contribution is 0.355. The Morgan fingerprint density at radius 3 is 2.59 bits per heavy atom. The van der Waals surface area contributed by atoms with Crippen LogP contribution in [0.5, 0.6) is 11.5 Å². The number of hydrazone groups is 1. The highest BCUT2D eigenvalue weighted by molar-refractivity contribution is 7.80. The van der Waals surface area contributed by atoms with Crippen molar-refractivity contribution in [3.63, 3.8) is 0 Å². The second-order valence-corrected chi connectivity index (χ2v) is 6.07. The van der Waals surface area contributed by atoms with E-state index in [1.807, 2.05) is 24.3 Å². The molecule has 0 aliphatic rings. The molecule has 0 unspecified atom stereocenters. The van der Waals surface area contributed by atoms with Gasteiger partial charge in [-0.25, -0.2) is 0 Å². The highest BCUT2D eigenvalue weighted by atomic mass is 32.1. The predicted molar refractivity (Wildman–Crippen MR) is 95.6 cm³/mol. The lowest BCUT2D eigenvalue weighted by Crippen LogP contribution is -2.23. The van der Waals surface area contributed by atoms with E-state index in [2.05, 4.69) is 22.8 Å². The van der Waals surface area contributed by atoms with Crippen molar-refractivity contribution >= 4 is 40.6 Å². The minimum Gasteiger partial charge on any atom is -0.493 e. The van der Waals surface area contributed by atoms with Crippen LogP contribution in [0.4, 0.5) is 5.69 Å². The van der Waals surface area contributed by atoms with E-state index in [1.165, 1.54) is 4.88 Å². The molecule has 0 fully saturated rings. The van der Waals surface area contributed by atoms with E-state index in [-0.39, 0.29) is 0 Å². The fourth-order valence-electron chi connectivity index (χ4n) is 1.75. The van der Waals surface area contributed by atoms with Crippen LogP contribution in [-0.4, -0.2) is 25.5 Å². The fraction of sp³-hybridized carbons (Fsp3) is 0.200. The zero-order valence-electron chi connectivity index (χ0n) is 12.5. The van der Waals surface area contributed by atoms with Crippen molar-refractivity contribution in [1.29, 1.82) is 0 Å². The number of rotatable bonds is 5. The van der Waals surface area contributed by atoms with Gasteiger partial charge in [0, 0.05) is 21.5 Å². The zero-order valence-corrected chi connectivity index (χ0v) is 14.2. The number of thiocarbonyl (C=S) groups is 1. The van der Waals surface area contributed by atoms with Gasteiger partial charge in [-0.1, -0.05) is 0 Å². The SMILES string of the molecule is COc1ccc(NC(=S)N/N=C\c2ccc(C)s2)cc1OC. The molecule has 0 spiro atoms. The topological polar surface area (TPSA) is 54.9 Å². The second kappa shape index (κ2) is 7.77. The summed E-state index contributed by atoms with van der Waals surface area (Å²) < 4.78 is 10.4. The van der Waals surface area contributed by atoms with E-state index in [0.717, 1.165) is 10.6 Å². The van der Waals surface area contributed by atoms with Gasteiger partial charge in [0.25, 0.3) is 0 Å². The van der Waals surface area contributed by atoms with E-state index in [4.69, 9.17) is 21.7 Å². The van der Waals surface area contributed by atoms with Crippen LogP contribution in [0.25, 0.3) is 0 Å². The van der Waals surface area contributed by atoms with Crippen molar-refractivity contribution in [3.8, 4) is 11.5 Å². The number of benzene rings is 1. The lowest BCUT2D eigenvalue weighted by Gasteiger charge is -2.11. The molecule has 22 heavy (non-hydrogen) atoms. The average Bonchev–Trinajstić information content (AvgIpc) is 2.92. The van der Waals surface area contributed by atoms with Crippen LogP contribution >= 0.6 is 23.6 Å². The number of nitrogens with zero attached hydrogens (tertiary/aromatic N) is 1. The minimum atomic E-state index is 0.400. The molecule has 116 valence electrons. The van der Waals surface area contributed by atoms with Crippen LogP contribution in [0.2, 0.25) is 0 Å². The van der Waals surface area contributed by atoms with Crippen molar-refractivity contribution in [2.75, 3.05) is 19.5 Å². The maximum atomic E-state index is 5.24. The average molecular weight is 335 g/mol. The van der Waals surface area contributed by atoms with Crippen molar-refractivity contribution < 1.29 is 9.47 Å². The predicted octanol–water partition coefficient (Wildman–Crippen LogP) is 3.39. The van der Waals surface area contributed by atoms with Gasteiger partial charge in [-0.05, 0) is 43.4 Å². The third-order valence-corrected chi connectivity index (χ3v) is 3.89. The largest absolute Gasteiger partial charge is 0.493 e. The summed E-state index contributed by atoms with van der Waals surface area (Å²) in [5, 5.41) is 7.54. The molecule has 2 N–H and O–H groups in total. The Morgan fingerprint density at radius 1 is 1.18 bits per heavy atom. The molecule has 5 nitrogen and oxygen atoms in total. The summed E-state index contributed by atoms with van der Waals surface area (Å²) >= 11 is 6.86. The first-order valence-electron chi connectivity index (χ1n) is 6.51. The van der Waals surface area contributed by atoms with Crippen molar-refractivity contribution in [2.24, 2.45) is 5.10 Å². The first-order valence-corrected chi connectivity index (χ1v) is 7.73. The molecule has 0 aliphatic carbocycles. The molecule has 0 saturated carbocycles. The molecular formula is C15H17N3O2S2. The Bertz CT molecular complexity index is 683. The van der Waals surface area contributed by atoms with Crippen LogP contribution in [0.3, 0.4) is 0 Å². The first-order chi connectivity index (χ1) is 10.6. The van der Waals surface area contributed by atoms with E-state index in [1.54, 1.807) is 37.8 Å². The molecule has 1 aromatic heterocycles. The van der Waals surface area contributed by atoms with E-state index in [9.17, 15) is 0 Å². The van der Waals surface area contributed by atoms with E-state index in [0.29, 0.717) is 16.6 Å². The highest BCUT2D eigenvalue weighted by Crippen LogP contribution is 2.29. The molecular weight excluding hydrogens is 318 g/mol. The molecule has 2 rings (SSSR count). The van der Waals surface area contributed by atoms with Gasteiger partial charge in [-0.3, -0.25) is 5.43 Å². The molecule has 1 aromatic carbocycles. The van der Waals surface area contributed by atoms with Crippen molar-refractivity contribution in [2.45, 2.75) is 6.92 Å². The smallest absolute Gasteiger partial charge is 0.191 e. The maximum absolute atomic E-state index is 5.24. The van der Waals surface area contributed by atoms with Crippen molar-refractivity contribution in [1.82, 2.24) is 5.43 Å². The van der Waals surface area contributed by atoms with Crippen LogP contribution in [0.1, 0.15) is 9.75 Å². The van der Waals surface area contributed by atoms with Gasteiger partial charge >= 0.3 is 0 Å². The third kappa shape index (κ3) is 4.44. The molecule has 0 amide bonds. The van der Waals surface area contributed by atoms with E-state index >= 15 is 0 Å². The maximum Gasteiger partial charge on any atom is 0.191 e. The zero-order chi connectivity index (χ0) is 15.9. The summed E-state index contributed by atoms with van der Waals surface area (Å²) in [5.74, 6) is 1.30. The summed E-state index contributed by atoms with van der Waals surface area (Å²) in [6.07, 6.45) is 1.74. The van der Waals surface area contributed by atoms with Gasteiger partial charge in [0.2, 0.25) is 0 Å². The Labute approximate surface area is 139 Å². The number of thiophene rings is 1. The van der Waals surface area contributed by atoms with Crippen LogP contribution in [-0.2, 0) is 0 Å². The number of hydrogen-bond acceptors (Lipinski definition) is 5. The normalized spacial score (nSPS) is 10.5. The second-order valence-electron chi connectivity index (χ2n) is 4.34. The molecule has 0 aliphatic heterocycles. The summed E-state index contributed by atoms with van der Waals surface area (Å²) in [5.41, 5.74) is 3.57. The fourth-order valence-corrected chi connectivity index (χ4v) is 2.67. The number of aryl methyl sites for hydroxylation is 1. The quantitative estimate of drug-likeness (QED) is 0.498. The third-order valence-electron chi connectivity index (χ3n) is 2.76. The molecule has 2 aromatic rings. The lowest BCUT2D eigenvalue weighted by atomic mass is 10.3. The summed E-state index contributed by atoms with van der Waals surface area (Å²) in [4.78, 5) is 2.31. The summed E-state index contributed by atoms with van der Waals surface area (Å²) in [6, 6.07) is 9.52. The van der Waals surface area contributed by atoms with Gasteiger partial charge in [0.05, 0.1) is 20.4 Å². The van der Waals surface area contributed by atoms with Gasteiger partial charge in [-0.15, -0.1) is 11.3 Å². The first kappa shape index (κ1) is 16.3. The summed E-state index contributed by atoms with van der Waals surface area (Å²) in [7, 11) is 3.18. The van der Waals surface area contributed by atoms with Gasteiger partial charge in [-0.2, -0.15) is 5.10 Å². The molecule has 7 heteroatoms. The Hall–Kier alpha value is -2.12. The van der Waals surface area contributed by atoms with Crippen molar-refractivity contribution in [3.05, 3.63) is 40.1 Å². The Kier molecular flexibility index (Phi) is 5.74.